The molecule has 1 heteroatoms. The molecular weight excluding hydrogens is 208 g/mol. The summed E-state index contributed by atoms with van der Waals surface area (Å²) in [5.74, 6) is 0. The minimum absolute atomic E-state index is 0.383. The summed E-state index contributed by atoms with van der Waals surface area (Å²) >= 11 is 0. The molecule has 0 heterocycles. The first-order valence-corrected chi connectivity index (χ1v) is 8.90. The molecule has 16 heavy (non-hydrogen) atoms. The number of rotatable bonds is 1. The molecule has 0 bridgehead atoms. The normalized spacial score (nSPS) is 15.9. The molecule has 0 aromatic heterocycles. The van der Waals surface area contributed by atoms with E-state index in [1.54, 1.807) is 0 Å². The third-order valence-electron chi connectivity index (χ3n) is 4.08. The van der Waals surface area contributed by atoms with Crippen LogP contribution in [-0.2, 0) is 0 Å². The van der Waals surface area contributed by atoms with Crippen LogP contribution in [0.5, 0.6) is 0 Å². The van der Waals surface area contributed by atoms with Gasteiger partial charge in [-0.05, 0) is 16.2 Å². The van der Waals surface area contributed by atoms with Crippen molar-refractivity contribution in [2.24, 2.45) is 0 Å². The van der Waals surface area contributed by atoms with Gasteiger partial charge in [0.05, 0.1) is 8.07 Å². The Morgan fingerprint density at radius 2 is 1.69 bits per heavy atom. The van der Waals surface area contributed by atoms with Crippen molar-refractivity contribution in [1.29, 1.82) is 0 Å². The van der Waals surface area contributed by atoms with Gasteiger partial charge in [-0.15, -0.1) is 0 Å². The van der Waals surface area contributed by atoms with Gasteiger partial charge in [-0.3, -0.25) is 0 Å². The van der Waals surface area contributed by atoms with E-state index in [-0.39, 0.29) is 0 Å². The van der Waals surface area contributed by atoms with Gasteiger partial charge in [0.15, 0.2) is 0 Å². The third kappa shape index (κ3) is 1.78. The Morgan fingerprint density at radius 3 is 2.25 bits per heavy atom. The van der Waals surface area contributed by atoms with E-state index in [4.69, 9.17) is 0 Å². The second-order valence-corrected chi connectivity index (χ2v) is 11.4. The number of allylic oxidation sites excluding steroid dienone is 1. The molecule has 0 aliphatic heterocycles. The van der Waals surface area contributed by atoms with Gasteiger partial charge < -0.3 is 0 Å². The minimum Gasteiger partial charge on any atom is -0.0670 e. The van der Waals surface area contributed by atoms with E-state index in [9.17, 15) is 0 Å². The number of hydrogen-bond donors (Lipinski definition) is 0. The highest BCUT2D eigenvalue weighted by molar-refractivity contribution is 6.88. The average Bonchev–Trinajstić information content (AvgIpc) is 2.59. The van der Waals surface area contributed by atoms with Crippen LogP contribution in [0.1, 0.15) is 31.9 Å². The first-order valence-electron chi connectivity index (χ1n) is 5.90. The summed E-state index contributed by atoms with van der Waals surface area (Å²) in [4.78, 5) is 0. The summed E-state index contributed by atoms with van der Waals surface area (Å²) in [5, 5.41) is 1.84. The number of hydrogen-bond acceptors (Lipinski definition) is 0. The first kappa shape index (κ1) is 11.7. The summed E-state index contributed by atoms with van der Waals surface area (Å²) in [6, 6.07) is 8.54. The zero-order chi connectivity index (χ0) is 12.0. The molecule has 0 spiro atoms. The molecule has 0 N–H and O–H groups in total. The Bertz CT molecular complexity index is 433. The van der Waals surface area contributed by atoms with E-state index in [0.717, 1.165) is 0 Å². The van der Waals surface area contributed by atoms with Crippen molar-refractivity contribution >= 4 is 14.1 Å². The molecule has 1 aromatic rings. The maximum Gasteiger partial charge on any atom is 0.0820 e. The van der Waals surface area contributed by atoms with Crippen molar-refractivity contribution in [1.82, 2.24) is 0 Å². The van der Waals surface area contributed by atoms with Crippen molar-refractivity contribution in [3.8, 4) is 0 Å². The Kier molecular flexibility index (Phi) is 2.62. The van der Waals surface area contributed by atoms with Crippen LogP contribution in [0.2, 0.25) is 18.1 Å². The Hall–Kier alpha value is -0.823. The van der Waals surface area contributed by atoms with E-state index in [0.29, 0.717) is 5.04 Å². The lowest BCUT2D eigenvalue weighted by Gasteiger charge is -2.38. The highest BCUT2D eigenvalue weighted by Gasteiger charge is 2.40. The molecule has 2 radical (unpaired) electrons. The van der Waals surface area contributed by atoms with Crippen LogP contribution in [-0.4, -0.2) is 8.07 Å². The van der Waals surface area contributed by atoms with Gasteiger partial charge in [-0.25, -0.2) is 0 Å². The van der Waals surface area contributed by atoms with E-state index >= 15 is 0 Å². The lowest BCUT2D eigenvalue weighted by molar-refractivity contribution is 0.726. The molecule has 0 atom stereocenters. The van der Waals surface area contributed by atoms with Crippen LogP contribution >= 0.6 is 0 Å². The highest BCUT2D eigenvalue weighted by atomic mass is 28.3. The molecule has 1 aliphatic rings. The van der Waals surface area contributed by atoms with Crippen LogP contribution in [0.4, 0.5) is 0 Å². The third-order valence-corrected chi connectivity index (χ3v) is 9.44. The van der Waals surface area contributed by atoms with Crippen molar-refractivity contribution in [2.45, 2.75) is 38.9 Å². The lowest BCUT2D eigenvalue weighted by atomic mass is 10.1. The summed E-state index contributed by atoms with van der Waals surface area (Å²) < 4.78 is 0. The van der Waals surface area contributed by atoms with E-state index in [1.807, 2.05) is 0 Å². The molecule has 0 nitrogen and oxygen atoms in total. The second kappa shape index (κ2) is 3.59. The molecule has 0 amide bonds. The molecule has 0 saturated heterocycles. The monoisotopic (exact) mass is 228 g/mol. The largest absolute Gasteiger partial charge is 0.0820 e. The van der Waals surface area contributed by atoms with Crippen molar-refractivity contribution in [2.75, 3.05) is 0 Å². The number of fused-ring (bicyclic) bond motifs is 1. The summed E-state index contributed by atoms with van der Waals surface area (Å²) in [6.07, 6.45) is 5.94. The van der Waals surface area contributed by atoms with Crippen molar-refractivity contribution in [3.63, 3.8) is 0 Å². The molecule has 1 aromatic carbocycles. The smallest absolute Gasteiger partial charge is 0.0670 e. The van der Waals surface area contributed by atoms with Crippen LogP contribution in [0.3, 0.4) is 0 Å². The Morgan fingerprint density at radius 1 is 1.06 bits per heavy atom. The maximum atomic E-state index is 3.60. The second-order valence-electron chi connectivity index (χ2n) is 6.15. The summed E-state index contributed by atoms with van der Waals surface area (Å²) in [6.45, 7) is 11.9. The van der Waals surface area contributed by atoms with Crippen molar-refractivity contribution < 1.29 is 0 Å². The zero-order valence-electron chi connectivity index (χ0n) is 10.9. The average molecular weight is 228 g/mol. The number of benzene rings is 1. The molecule has 1 aliphatic carbocycles. The lowest BCUT2D eigenvalue weighted by Crippen LogP contribution is -2.39. The summed E-state index contributed by atoms with van der Waals surface area (Å²) in [7, 11) is -1.42. The fraction of sp³-hybridized carbons (Fsp3) is 0.400. The maximum absolute atomic E-state index is 3.60. The molecule has 0 unspecified atom stereocenters. The minimum atomic E-state index is -1.42. The van der Waals surface area contributed by atoms with Crippen LogP contribution in [0.15, 0.2) is 29.5 Å². The first-order chi connectivity index (χ1) is 7.32. The standard InChI is InChI=1S/C15H20Si/c1-15(2,3)16(4,5)14-10-12-8-6-7-9-13(12)11-14/h6-10H,1-5H3. The topological polar surface area (TPSA) is 0 Å². The van der Waals surface area contributed by atoms with Crippen LogP contribution in [0.25, 0.3) is 6.08 Å². The molecule has 2 rings (SSSR count). The molecular formula is C15H20Si. The summed E-state index contributed by atoms with van der Waals surface area (Å²) in [5.41, 5.74) is 2.60. The van der Waals surface area contributed by atoms with Gasteiger partial charge in [0.1, 0.15) is 0 Å². The fourth-order valence-corrected chi connectivity index (χ4v) is 3.59. The molecule has 0 saturated carbocycles. The van der Waals surface area contributed by atoms with E-state index < -0.39 is 8.07 Å². The Balaban J connectivity index is 2.36. The van der Waals surface area contributed by atoms with Gasteiger partial charge in [-0.2, -0.15) is 0 Å². The zero-order valence-corrected chi connectivity index (χ0v) is 11.9. The van der Waals surface area contributed by atoms with Gasteiger partial charge >= 0.3 is 0 Å². The van der Waals surface area contributed by atoms with Crippen LogP contribution < -0.4 is 0 Å². The Labute approximate surface area is 100 Å². The fourth-order valence-electron chi connectivity index (χ4n) is 1.81. The molecule has 84 valence electrons. The van der Waals surface area contributed by atoms with E-state index in [2.05, 4.69) is 70.6 Å². The van der Waals surface area contributed by atoms with Gasteiger partial charge in [0.25, 0.3) is 0 Å². The van der Waals surface area contributed by atoms with Gasteiger partial charge in [-0.1, -0.05) is 69.4 Å². The van der Waals surface area contributed by atoms with E-state index in [1.165, 1.54) is 16.3 Å². The molecule has 0 fully saturated rings. The SMILES string of the molecule is CC(C)(C)[Si](C)(C)C1=Cc2ccccc2[C]1. The predicted octanol–water partition coefficient (Wildman–Crippen LogP) is 4.56. The van der Waals surface area contributed by atoms with Gasteiger partial charge in [0, 0.05) is 6.42 Å². The van der Waals surface area contributed by atoms with Crippen LogP contribution in [0, 0.1) is 6.42 Å². The predicted molar refractivity (Wildman–Crippen MR) is 74.0 cm³/mol. The highest BCUT2D eigenvalue weighted by Crippen LogP contribution is 2.45. The van der Waals surface area contributed by atoms with Gasteiger partial charge in [0.2, 0.25) is 0 Å². The quantitative estimate of drug-likeness (QED) is 0.618. The van der Waals surface area contributed by atoms with Crippen molar-refractivity contribution in [3.05, 3.63) is 47.0 Å².